The number of carbonyl (C=O) groups excluding carboxylic acids is 1. The van der Waals surface area contributed by atoms with Gasteiger partial charge in [0, 0.05) is 5.41 Å². The van der Waals surface area contributed by atoms with Crippen molar-refractivity contribution in [2.24, 2.45) is 0 Å². The Labute approximate surface area is 89.6 Å². The quantitative estimate of drug-likeness (QED) is 0.705. The highest BCUT2D eigenvalue weighted by Gasteiger charge is 2.25. The van der Waals surface area contributed by atoms with Crippen molar-refractivity contribution in [3.05, 3.63) is 17.3 Å². The fourth-order valence-corrected chi connectivity index (χ4v) is 1.37. The molecule has 0 saturated carbocycles. The van der Waals surface area contributed by atoms with Crippen LogP contribution in [-0.2, 0) is 10.2 Å². The molecule has 4 heteroatoms. The van der Waals surface area contributed by atoms with Gasteiger partial charge in [-0.25, -0.2) is 9.78 Å². The van der Waals surface area contributed by atoms with Gasteiger partial charge in [-0.1, -0.05) is 20.8 Å². The summed E-state index contributed by atoms with van der Waals surface area (Å²) < 4.78 is 10.1. The summed E-state index contributed by atoms with van der Waals surface area (Å²) in [6.45, 7) is 9.94. The highest BCUT2D eigenvalue weighted by molar-refractivity contribution is 5.84. The van der Waals surface area contributed by atoms with Crippen molar-refractivity contribution in [3.63, 3.8) is 0 Å². The Morgan fingerprint density at radius 2 is 2.07 bits per heavy atom. The topological polar surface area (TPSA) is 52.3 Å². The third-order valence-corrected chi connectivity index (χ3v) is 1.96. The van der Waals surface area contributed by atoms with E-state index in [0.717, 1.165) is 5.69 Å². The third kappa shape index (κ3) is 2.58. The number of esters is 1. The standard InChI is InChI=1S/C11H17NO3/c1-6-14-10(13)9-12-8(7(2)15-9)11(3,4)5/h6H2,1-5H3. The summed E-state index contributed by atoms with van der Waals surface area (Å²) in [5, 5.41) is 0. The number of hydrogen-bond donors (Lipinski definition) is 0. The van der Waals surface area contributed by atoms with Crippen molar-refractivity contribution in [3.8, 4) is 0 Å². The second-order valence-corrected chi connectivity index (χ2v) is 4.39. The molecule has 0 amide bonds. The average Bonchev–Trinajstić information content (AvgIpc) is 2.47. The molecule has 4 nitrogen and oxygen atoms in total. The van der Waals surface area contributed by atoms with Crippen LogP contribution in [0.25, 0.3) is 0 Å². The van der Waals surface area contributed by atoms with Crippen LogP contribution in [0.2, 0.25) is 0 Å². The zero-order valence-electron chi connectivity index (χ0n) is 9.88. The second kappa shape index (κ2) is 4.04. The van der Waals surface area contributed by atoms with Gasteiger partial charge in [0.1, 0.15) is 5.76 Å². The molecule has 0 aliphatic carbocycles. The van der Waals surface area contributed by atoms with E-state index >= 15 is 0 Å². The average molecular weight is 211 g/mol. The minimum atomic E-state index is -0.504. The van der Waals surface area contributed by atoms with Crippen LogP contribution in [0.15, 0.2) is 4.42 Å². The number of rotatable bonds is 2. The van der Waals surface area contributed by atoms with Crippen LogP contribution in [-0.4, -0.2) is 17.6 Å². The van der Waals surface area contributed by atoms with Gasteiger partial charge in [-0.05, 0) is 13.8 Å². The van der Waals surface area contributed by atoms with Gasteiger partial charge in [0.25, 0.3) is 0 Å². The van der Waals surface area contributed by atoms with E-state index in [2.05, 4.69) is 4.98 Å². The molecular weight excluding hydrogens is 194 g/mol. The van der Waals surface area contributed by atoms with Crippen molar-refractivity contribution in [1.82, 2.24) is 4.98 Å². The zero-order chi connectivity index (χ0) is 11.6. The van der Waals surface area contributed by atoms with Crippen molar-refractivity contribution in [2.75, 3.05) is 6.61 Å². The summed E-state index contributed by atoms with van der Waals surface area (Å²) in [7, 11) is 0. The van der Waals surface area contributed by atoms with Gasteiger partial charge in [-0.15, -0.1) is 0 Å². The smallest absolute Gasteiger partial charge is 0.394 e. The first-order chi connectivity index (χ1) is 6.86. The highest BCUT2D eigenvalue weighted by Crippen LogP contribution is 2.25. The number of nitrogens with zero attached hydrogens (tertiary/aromatic N) is 1. The summed E-state index contributed by atoms with van der Waals surface area (Å²) in [4.78, 5) is 15.5. The summed E-state index contributed by atoms with van der Waals surface area (Å²) in [5.74, 6) is 0.209. The molecule has 0 bridgehead atoms. The van der Waals surface area contributed by atoms with Gasteiger partial charge >= 0.3 is 11.9 Å². The van der Waals surface area contributed by atoms with Crippen LogP contribution in [0.4, 0.5) is 0 Å². The Morgan fingerprint density at radius 3 is 2.47 bits per heavy atom. The first-order valence-corrected chi connectivity index (χ1v) is 5.01. The highest BCUT2D eigenvalue weighted by atomic mass is 16.5. The number of ether oxygens (including phenoxy) is 1. The van der Waals surface area contributed by atoms with Crippen LogP contribution in [0, 0.1) is 6.92 Å². The molecule has 0 atom stereocenters. The lowest BCUT2D eigenvalue weighted by Gasteiger charge is -2.14. The molecule has 1 aromatic rings. The van der Waals surface area contributed by atoms with Crippen molar-refractivity contribution in [2.45, 2.75) is 40.0 Å². The van der Waals surface area contributed by atoms with E-state index < -0.39 is 5.97 Å². The van der Waals surface area contributed by atoms with Crippen molar-refractivity contribution < 1.29 is 13.9 Å². The molecule has 0 spiro atoms. The van der Waals surface area contributed by atoms with E-state index in [1.807, 2.05) is 20.8 Å². The number of oxazole rings is 1. The molecular formula is C11H17NO3. The molecule has 0 fully saturated rings. The minimum absolute atomic E-state index is 0.0410. The van der Waals surface area contributed by atoms with E-state index in [9.17, 15) is 4.79 Å². The van der Waals surface area contributed by atoms with Crippen LogP contribution in [0.5, 0.6) is 0 Å². The molecule has 1 rings (SSSR count). The number of aryl methyl sites for hydroxylation is 1. The Bertz CT molecular complexity index is 360. The molecule has 15 heavy (non-hydrogen) atoms. The van der Waals surface area contributed by atoms with Crippen molar-refractivity contribution in [1.29, 1.82) is 0 Å². The van der Waals surface area contributed by atoms with Gasteiger partial charge < -0.3 is 9.15 Å². The lowest BCUT2D eigenvalue weighted by molar-refractivity contribution is 0.0479. The maximum atomic E-state index is 11.4. The SMILES string of the molecule is CCOC(=O)c1nc(C(C)(C)C)c(C)o1. The van der Waals surface area contributed by atoms with E-state index in [1.165, 1.54) is 0 Å². The predicted octanol–water partition coefficient (Wildman–Crippen LogP) is 2.46. The normalized spacial score (nSPS) is 11.5. The molecule has 0 aliphatic rings. The Kier molecular flexibility index (Phi) is 3.17. The summed E-state index contributed by atoms with van der Waals surface area (Å²) in [6, 6.07) is 0. The minimum Gasteiger partial charge on any atom is -0.459 e. The fourth-order valence-electron chi connectivity index (χ4n) is 1.37. The Morgan fingerprint density at radius 1 is 1.47 bits per heavy atom. The van der Waals surface area contributed by atoms with Gasteiger partial charge in [0.2, 0.25) is 0 Å². The molecule has 0 unspecified atom stereocenters. The summed E-state index contributed by atoms with van der Waals surface area (Å²) in [5.41, 5.74) is 0.670. The molecule has 0 aromatic carbocycles. The third-order valence-electron chi connectivity index (χ3n) is 1.96. The van der Waals surface area contributed by atoms with Crippen molar-refractivity contribution >= 4 is 5.97 Å². The maximum absolute atomic E-state index is 11.4. The summed E-state index contributed by atoms with van der Waals surface area (Å²) in [6.07, 6.45) is 0. The van der Waals surface area contributed by atoms with Gasteiger partial charge in [-0.2, -0.15) is 0 Å². The van der Waals surface area contributed by atoms with E-state index in [1.54, 1.807) is 13.8 Å². The molecule has 1 heterocycles. The maximum Gasteiger partial charge on any atom is 0.394 e. The predicted molar refractivity (Wildman–Crippen MR) is 55.9 cm³/mol. The first-order valence-electron chi connectivity index (χ1n) is 5.01. The second-order valence-electron chi connectivity index (χ2n) is 4.39. The lowest BCUT2D eigenvalue weighted by Crippen LogP contribution is -2.14. The number of hydrogen-bond acceptors (Lipinski definition) is 4. The monoisotopic (exact) mass is 211 g/mol. The molecule has 0 saturated heterocycles. The number of aromatic nitrogens is 1. The molecule has 0 radical (unpaired) electrons. The van der Waals surface area contributed by atoms with E-state index in [-0.39, 0.29) is 11.3 Å². The van der Waals surface area contributed by atoms with Gasteiger partial charge in [0.15, 0.2) is 0 Å². The van der Waals surface area contributed by atoms with E-state index in [0.29, 0.717) is 12.4 Å². The molecule has 84 valence electrons. The van der Waals surface area contributed by atoms with Crippen LogP contribution in [0.1, 0.15) is 49.8 Å². The van der Waals surface area contributed by atoms with Gasteiger partial charge in [0.05, 0.1) is 12.3 Å². The fraction of sp³-hybridized carbons (Fsp3) is 0.636. The van der Waals surface area contributed by atoms with Gasteiger partial charge in [-0.3, -0.25) is 0 Å². The van der Waals surface area contributed by atoms with Crippen LogP contribution < -0.4 is 0 Å². The molecule has 0 aliphatic heterocycles. The first kappa shape index (κ1) is 11.8. The zero-order valence-corrected chi connectivity index (χ0v) is 9.88. The Balaban J connectivity index is 3.01. The lowest BCUT2D eigenvalue weighted by atomic mass is 9.91. The largest absolute Gasteiger partial charge is 0.459 e. The van der Waals surface area contributed by atoms with Crippen LogP contribution >= 0.6 is 0 Å². The summed E-state index contributed by atoms with van der Waals surface area (Å²) >= 11 is 0. The molecule has 1 aromatic heterocycles. The van der Waals surface area contributed by atoms with Crippen LogP contribution in [0.3, 0.4) is 0 Å². The van der Waals surface area contributed by atoms with E-state index in [4.69, 9.17) is 9.15 Å². The number of carbonyl (C=O) groups is 1. The molecule has 0 N–H and O–H groups in total. The Hall–Kier alpha value is -1.32.